The third-order valence-corrected chi connectivity index (χ3v) is 1.98. The van der Waals surface area contributed by atoms with Gasteiger partial charge < -0.3 is 10.4 Å². The quantitative estimate of drug-likeness (QED) is 0.470. The van der Waals surface area contributed by atoms with Crippen LogP contribution in [0.2, 0.25) is 0 Å². The van der Waals surface area contributed by atoms with Crippen molar-refractivity contribution in [2.45, 2.75) is 6.92 Å². The molecular weight excluding hydrogens is 224 g/mol. The highest BCUT2D eigenvalue weighted by Crippen LogP contribution is 2.25. The zero-order chi connectivity index (χ0) is 12.8. The lowest BCUT2D eigenvalue weighted by molar-refractivity contribution is -0.384. The van der Waals surface area contributed by atoms with Gasteiger partial charge in [0, 0.05) is 6.07 Å². The predicted molar refractivity (Wildman–Crippen MR) is 62.0 cm³/mol. The van der Waals surface area contributed by atoms with E-state index >= 15 is 0 Å². The van der Waals surface area contributed by atoms with E-state index in [4.69, 9.17) is 5.11 Å². The molecule has 0 aromatic heterocycles. The number of carboxylic acids is 1. The van der Waals surface area contributed by atoms with E-state index in [0.29, 0.717) is 0 Å². The molecule has 0 bridgehead atoms. The van der Waals surface area contributed by atoms with Crippen molar-refractivity contribution in [3.63, 3.8) is 0 Å². The molecule has 0 unspecified atom stereocenters. The summed E-state index contributed by atoms with van der Waals surface area (Å²) in [5.74, 6) is 4.17. The van der Waals surface area contributed by atoms with Gasteiger partial charge in [-0.25, -0.2) is 4.79 Å². The van der Waals surface area contributed by atoms with E-state index in [2.05, 4.69) is 17.2 Å². The van der Waals surface area contributed by atoms with Crippen LogP contribution in [0.4, 0.5) is 11.4 Å². The van der Waals surface area contributed by atoms with E-state index in [1.165, 1.54) is 12.1 Å². The van der Waals surface area contributed by atoms with Gasteiger partial charge in [-0.15, -0.1) is 5.92 Å². The second-order valence-electron chi connectivity index (χ2n) is 3.07. The maximum absolute atomic E-state index is 10.7. The van der Waals surface area contributed by atoms with Crippen LogP contribution < -0.4 is 5.32 Å². The van der Waals surface area contributed by atoms with Gasteiger partial charge in [-0.1, -0.05) is 5.92 Å². The molecule has 1 aromatic carbocycles. The molecule has 1 rings (SSSR count). The zero-order valence-corrected chi connectivity index (χ0v) is 9.06. The van der Waals surface area contributed by atoms with Crippen LogP contribution in [0, 0.1) is 22.0 Å². The standard InChI is InChI=1S/C11H10N2O4/c1-2-3-6-12-9-7-8(11(14)15)4-5-10(9)13(16)17/h4-5,7,12H,6H2,1H3,(H,14,15). The molecule has 0 saturated carbocycles. The van der Waals surface area contributed by atoms with Crippen molar-refractivity contribution < 1.29 is 14.8 Å². The molecule has 0 fully saturated rings. The molecule has 0 radical (unpaired) electrons. The lowest BCUT2D eigenvalue weighted by atomic mass is 10.1. The summed E-state index contributed by atoms with van der Waals surface area (Å²) in [6.07, 6.45) is 0. The van der Waals surface area contributed by atoms with E-state index in [-0.39, 0.29) is 23.5 Å². The fraction of sp³-hybridized carbons (Fsp3) is 0.182. The van der Waals surface area contributed by atoms with Gasteiger partial charge in [0.2, 0.25) is 0 Å². The number of rotatable bonds is 4. The minimum absolute atomic E-state index is 0.0115. The number of aromatic carboxylic acids is 1. The summed E-state index contributed by atoms with van der Waals surface area (Å²) in [6, 6.07) is 3.57. The van der Waals surface area contributed by atoms with Crippen LogP contribution >= 0.6 is 0 Å². The molecule has 1 aromatic rings. The minimum atomic E-state index is -1.13. The van der Waals surface area contributed by atoms with E-state index in [9.17, 15) is 14.9 Å². The molecule has 0 spiro atoms. The third-order valence-electron chi connectivity index (χ3n) is 1.98. The number of anilines is 1. The van der Waals surface area contributed by atoms with Crippen LogP contribution in [-0.2, 0) is 0 Å². The zero-order valence-electron chi connectivity index (χ0n) is 9.06. The molecule has 17 heavy (non-hydrogen) atoms. The van der Waals surface area contributed by atoms with Gasteiger partial charge in [0.25, 0.3) is 5.69 Å². The average molecular weight is 234 g/mol. The summed E-state index contributed by atoms with van der Waals surface area (Å²) in [4.78, 5) is 20.9. The smallest absolute Gasteiger partial charge is 0.335 e. The second kappa shape index (κ2) is 5.51. The molecule has 88 valence electrons. The molecule has 0 aliphatic rings. The summed E-state index contributed by atoms with van der Waals surface area (Å²) < 4.78 is 0. The Morgan fingerprint density at radius 2 is 2.29 bits per heavy atom. The lowest BCUT2D eigenvalue weighted by Crippen LogP contribution is -2.05. The SMILES string of the molecule is CC#CCNc1cc(C(=O)O)ccc1[N+](=O)[O-]. The Hall–Kier alpha value is -2.55. The van der Waals surface area contributed by atoms with Crippen LogP contribution in [-0.4, -0.2) is 22.5 Å². The Kier molecular flexibility index (Phi) is 4.06. The first-order chi connectivity index (χ1) is 8.06. The van der Waals surface area contributed by atoms with Crippen molar-refractivity contribution >= 4 is 17.3 Å². The summed E-state index contributed by atoms with van der Waals surface area (Å²) >= 11 is 0. The van der Waals surface area contributed by atoms with E-state index in [0.717, 1.165) is 6.07 Å². The summed E-state index contributed by atoms with van der Waals surface area (Å²) in [6.45, 7) is 1.87. The lowest BCUT2D eigenvalue weighted by Gasteiger charge is -2.04. The highest BCUT2D eigenvalue weighted by Gasteiger charge is 2.15. The first kappa shape index (κ1) is 12.5. The van der Waals surface area contributed by atoms with Gasteiger partial charge >= 0.3 is 5.97 Å². The maximum atomic E-state index is 10.7. The molecule has 0 saturated heterocycles. The van der Waals surface area contributed by atoms with Crippen LogP contribution in [0.1, 0.15) is 17.3 Å². The first-order valence-electron chi connectivity index (χ1n) is 4.71. The number of hydrogen-bond donors (Lipinski definition) is 2. The van der Waals surface area contributed by atoms with Gasteiger partial charge in [0.15, 0.2) is 0 Å². The van der Waals surface area contributed by atoms with Gasteiger partial charge in [-0.2, -0.15) is 0 Å². The maximum Gasteiger partial charge on any atom is 0.335 e. The van der Waals surface area contributed by atoms with E-state index in [1.54, 1.807) is 6.92 Å². The number of nitro groups is 1. The van der Waals surface area contributed by atoms with Crippen LogP contribution in [0.5, 0.6) is 0 Å². The fourth-order valence-electron chi connectivity index (χ4n) is 1.20. The van der Waals surface area contributed by atoms with E-state index in [1.807, 2.05) is 0 Å². The van der Waals surface area contributed by atoms with Crippen molar-refractivity contribution in [1.82, 2.24) is 0 Å². The number of benzene rings is 1. The summed E-state index contributed by atoms with van der Waals surface area (Å²) in [7, 11) is 0. The van der Waals surface area contributed by atoms with Crippen molar-refractivity contribution in [3.05, 3.63) is 33.9 Å². The molecule has 6 heteroatoms. The number of carbonyl (C=O) groups is 1. The van der Waals surface area contributed by atoms with Crippen molar-refractivity contribution in [2.24, 2.45) is 0 Å². The Morgan fingerprint density at radius 1 is 1.59 bits per heavy atom. The number of nitrogens with one attached hydrogen (secondary N) is 1. The van der Waals surface area contributed by atoms with Gasteiger partial charge in [-0.3, -0.25) is 10.1 Å². The Labute approximate surface area is 97.4 Å². The van der Waals surface area contributed by atoms with Gasteiger partial charge in [0.05, 0.1) is 17.0 Å². The largest absolute Gasteiger partial charge is 0.478 e. The topological polar surface area (TPSA) is 92.5 Å². The monoisotopic (exact) mass is 234 g/mol. The highest BCUT2D eigenvalue weighted by molar-refractivity contribution is 5.90. The van der Waals surface area contributed by atoms with E-state index < -0.39 is 10.9 Å². The molecule has 0 aliphatic carbocycles. The molecule has 0 atom stereocenters. The molecule has 2 N–H and O–H groups in total. The fourth-order valence-corrected chi connectivity index (χ4v) is 1.20. The number of nitrogens with zero attached hydrogens (tertiary/aromatic N) is 1. The van der Waals surface area contributed by atoms with Crippen LogP contribution in [0.15, 0.2) is 18.2 Å². The normalized spacial score (nSPS) is 9.00. The number of nitro benzene ring substituents is 1. The van der Waals surface area contributed by atoms with Gasteiger partial charge in [0.1, 0.15) is 5.69 Å². The van der Waals surface area contributed by atoms with Crippen LogP contribution in [0.25, 0.3) is 0 Å². The van der Waals surface area contributed by atoms with Gasteiger partial charge in [-0.05, 0) is 19.1 Å². The third kappa shape index (κ3) is 3.21. The minimum Gasteiger partial charge on any atom is -0.478 e. The average Bonchev–Trinajstić information content (AvgIpc) is 2.28. The molecule has 0 heterocycles. The summed E-state index contributed by atoms with van der Waals surface area (Å²) in [5.41, 5.74) is -0.0342. The van der Waals surface area contributed by atoms with Crippen LogP contribution in [0.3, 0.4) is 0 Å². The number of hydrogen-bond acceptors (Lipinski definition) is 4. The van der Waals surface area contributed by atoms with Crippen molar-refractivity contribution in [2.75, 3.05) is 11.9 Å². The van der Waals surface area contributed by atoms with Crippen molar-refractivity contribution in [3.8, 4) is 11.8 Å². The number of carboxylic acid groups (broad SMARTS) is 1. The molecule has 6 nitrogen and oxygen atoms in total. The first-order valence-corrected chi connectivity index (χ1v) is 4.71. The Morgan fingerprint density at radius 3 is 2.82 bits per heavy atom. The van der Waals surface area contributed by atoms with Crippen molar-refractivity contribution in [1.29, 1.82) is 0 Å². The predicted octanol–water partition coefficient (Wildman–Crippen LogP) is 1.73. The highest BCUT2D eigenvalue weighted by atomic mass is 16.6. The Balaban J connectivity index is 3.09. The molecule has 0 aliphatic heterocycles. The molecular formula is C11H10N2O4. The summed E-state index contributed by atoms with van der Waals surface area (Å²) in [5, 5.41) is 22.2. The molecule has 0 amide bonds. The second-order valence-corrected chi connectivity index (χ2v) is 3.07. The Bertz CT molecular complexity index is 514.